The monoisotopic (exact) mass is 150 g/mol. The van der Waals surface area contributed by atoms with E-state index in [-0.39, 0.29) is 0 Å². The third kappa shape index (κ3) is 1.34. The van der Waals surface area contributed by atoms with Crippen LogP contribution in [0, 0.1) is 0 Å². The van der Waals surface area contributed by atoms with Crippen LogP contribution in [-0.4, -0.2) is 14.5 Å². The summed E-state index contributed by atoms with van der Waals surface area (Å²) in [5.41, 5.74) is 0. The van der Waals surface area contributed by atoms with Gasteiger partial charge >= 0.3 is 0 Å². The molecule has 1 unspecified atom stereocenters. The quantitative estimate of drug-likeness (QED) is 0.570. The molecule has 1 aliphatic rings. The molecule has 0 aliphatic carbocycles. The molecular formula is C4H6O2S2. The lowest BCUT2D eigenvalue weighted by atomic mass is 10.5. The largest absolute Gasteiger partial charge is 0.302 e. The highest BCUT2D eigenvalue weighted by molar-refractivity contribution is 8.15. The lowest BCUT2D eigenvalue weighted by Gasteiger charge is -1.88. The first-order valence-electron chi connectivity index (χ1n) is 2.24. The predicted molar refractivity (Wildman–Crippen MR) is 35.9 cm³/mol. The van der Waals surface area contributed by atoms with Gasteiger partial charge in [-0.3, -0.25) is 0 Å². The van der Waals surface area contributed by atoms with Crippen LogP contribution in [0.25, 0.3) is 0 Å². The van der Waals surface area contributed by atoms with E-state index in [0.717, 1.165) is 12.2 Å². The highest BCUT2D eigenvalue weighted by atomic mass is 32.2. The Morgan fingerprint density at radius 2 is 2.62 bits per heavy atom. The van der Waals surface area contributed by atoms with Crippen LogP contribution in [0.1, 0.15) is 6.42 Å². The molecule has 0 bridgehead atoms. The minimum Gasteiger partial charge on any atom is -0.302 e. The summed E-state index contributed by atoms with van der Waals surface area (Å²) in [5, 5.41) is 0. The Kier molecular flexibility index (Phi) is 2.10. The summed E-state index contributed by atoms with van der Waals surface area (Å²) in [7, 11) is 0. The van der Waals surface area contributed by atoms with Gasteiger partial charge in [0.05, 0.1) is 4.24 Å². The van der Waals surface area contributed by atoms with Crippen molar-refractivity contribution in [2.24, 2.45) is 0 Å². The summed E-state index contributed by atoms with van der Waals surface area (Å²) in [4.78, 5) is 0. The van der Waals surface area contributed by atoms with Gasteiger partial charge < -0.3 is 4.55 Å². The highest BCUT2D eigenvalue weighted by Gasteiger charge is 2.08. The Morgan fingerprint density at radius 1 is 1.88 bits per heavy atom. The molecule has 1 rings (SSSR count). The van der Waals surface area contributed by atoms with Gasteiger partial charge in [-0.25, -0.2) is 4.21 Å². The van der Waals surface area contributed by atoms with Crippen molar-refractivity contribution >= 4 is 22.8 Å². The van der Waals surface area contributed by atoms with E-state index in [1.54, 1.807) is 6.08 Å². The maximum absolute atomic E-state index is 10.2. The second-order valence-electron chi connectivity index (χ2n) is 1.41. The highest BCUT2D eigenvalue weighted by Crippen LogP contribution is 2.26. The zero-order valence-corrected chi connectivity index (χ0v) is 5.80. The van der Waals surface area contributed by atoms with E-state index in [1.165, 1.54) is 11.8 Å². The summed E-state index contributed by atoms with van der Waals surface area (Å²) in [6.07, 6.45) is 2.74. The number of allylic oxidation sites excluding steroid dienone is 1. The molecule has 8 heavy (non-hydrogen) atoms. The van der Waals surface area contributed by atoms with Crippen LogP contribution in [0.2, 0.25) is 0 Å². The van der Waals surface area contributed by atoms with E-state index in [1.807, 2.05) is 0 Å². The fourth-order valence-corrected chi connectivity index (χ4v) is 2.10. The molecule has 0 aromatic heterocycles. The van der Waals surface area contributed by atoms with Gasteiger partial charge in [0.2, 0.25) is 0 Å². The molecule has 0 fully saturated rings. The van der Waals surface area contributed by atoms with Crippen LogP contribution in [0.15, 0.2) is 10.3 Å². The van der Waals surface area contributed by atoms with Crippen LogP contribution >= 0.6 is 11.8 Å². The average Bonchev–Trinajstić information content (AvgIpc) is 2.12. The molecule has 0 spiro atoms. The minimum atomic E-state index is -1.72. The minimum absolute atomic E-state index is 0.616. The maximum atomic E-state index is 10.2. The Morgan fingerprint density at radius 3 is 2.88 bits per heavy atom. The van der Waals surface area contributed by atoms with Gasteiger partial charge in [0.25, 0.3) is 0 Å². The molecule has 0 amide bonds. The Labute approximate surface area is 54.6 Å². The molecule has 0 saturated carbocycles. The van der Waals surface area contributed by atoms with Gasteiger partial charge in [0.1, 0.15) is 0 Å². The smallest absolute Gasteiger partial charge is 0.192 e. The second-order valence-corrected chi connectivity index (χ2v) is 3.74. The van der Waals surface area contributed by atoms with E-state index < -0.39 is 11.1 Å². The van der Waals surface area contributed by atoms with Crippen LogP contribution in [0.4, 0.5) is 0 Å². The number of rotatable bonds is 1. The summed E-state index contributed by atoms with van der Waals surface area (Å²) in [5.74, 6) is 0.960. The van der Waals surface area contributed by atoms with E-state index >= 15 is 0 Å². The summed E-state index contributed by atoms with van der Waals surface area (Å²) in [6, 6.07) is 0. The van der Waals surface area contributed by atoms with Crippen molar-refractivity contribution in [1.29, 1.82) is 0 Å². The first-order chi connectivity index (χ1) is 3.80. The fourth-order valence-electron chi connectivity index (χ4n) is 0.517. The van der Waals surface area contributed by atoms with Gasteiger partial charge in [-0.2, -0.15) is 0 Å². The lowest BCUT2D eigenvalue weighted by Crippen LogP contribution is -1.83. The summed E-state index contributed by atoms with van der Waals surface area (Å²) in [6.45, 7) is 0. The van der Waals surface area contributed by atoms with Gasteiger partial charge in [-0.15, -0.1) is 11.8 Å². The predicted octanol–water partition coefficient (Wildman–Crippen LogP) is 1.19. The molecule has 4 heteroatoms. The second kappa shape index (κ2) is 2.66. The molecule has 46 valence electrons. The lowest BCUT2D eigenvalue weighted by molar-refractivity contribution is 0.573. The van der Waals surface area contributed by atoms with Crippen LogP contribution in [0.3, 0.4) is 0 Å². The molecule has 2 nitrogen and oxygen atoms in total. The van der Waals surface area contributed by atoms with Crippen molar-refractivity contribution in [3.63, 3.8) is 0 Å². The maximum Gasteiger partial charge on any atom is 0.192 e. The first kappa shape index (κ1) is 6.32. The molecule has 0 radical (unpaired) electrons. The van der Waals surface area contributed by atoms with Crippen LogP contribution in [0.5, 0.6) is 0 Å². The standard InChI is InChI=1S/C4H6O2S2/c5-8(6)4-2-1-3-7-4/h2H,1,3H2,(H,5,6). The third-order valence-electron chi connectivity index (χ3n) is 0.845. The van der Waals surface area contributed by atoms with Crippen molar-refractivity contribution in [2.45, 2.75) is 6.42 Å². The van der Waals surface area contributed by atoms with Crippen molar-refractivity contribution in [3.8, 4) is 0 Å². The zero-order chi connectivity index (χ0) is 5.98. The Hall–Kier alpha value is 0.200. The summed E-state index contributed by atoms with van der Waals surface area (Å²) >= 11 is -0.255. The van der Waals surface area contributed by atoms with Crippen molar-refractivity contribution in [2.75, 3.05) is 5.75 Å². The molecule has 0 aromatic carbocycles. The van der Waals surface area contributed by atoms with E-state index in [9.17, 15) is 4.21 Å². The molecule has 0 aromatic rings. The molecular weight excluding hydrogens is 144 g/mol. The van der Waals surface area contributed by atoms with Gasteiger partial charge in [0.15, 0.2) is 11.1 Å². The number of thioether (sulfide) groups is 1. The van der Waals surface area contributed by atoms with Gasteiger partial charge in [0, 0.05) is 5.75 Å². The molecule has 1 aliphatic heterocycles. The van der Waals surface area contributed by atoms with Crippen molar-refractivity contribution in [3.05, 3.63) is 10.3 Å². The van der Waals surface area contributed by atoms with E-state index in [0.29, 0.717) is 4.24 Å². The van der Waals surface area contributed by atoms with Gasteiger partial charge in [-0.1, -0.05) is 6.08 Å². The number of hydrogen-bond acceptors (Lipinski definition) is 2. The van der Waals surface area contributed by atoms with Crippen molar-refractivity contribution in [1.82, 2.24) is 0 Å². The molecule has 1 heterocycles. The van der Waals surface area contributed by atoms with E-state index in [4.69, 9.17) is 4.55 Å². The Balaban J connectivity index is 2.57. The Bertz CT molecular complexity index is 141. The molecule has 1 atom stereocenters. The first-order valence-corrected chi connectivity index (χ1v) is 4.34. The fraction of sp³-hybridized carbons (Fsp3) is 0.500. The molecule has 0 saturated heterocycles. The average molecular weight is 150 g/mol. The normalized spacial score (nSPS) is 22.9. The topological polar surface area (TPSA) is 37.3 Å². The number of hydrogen-bond donors (Lipinski definition) is 1. The van der Waals surface area contributed by atoms with Crippen LogP contribution in [-0.2, 0) is 11.1 Å². The third-order valence-corrected chi connectivity index (χ3v) is 3.03. The van der Waals surface area contributed by atoms with Crippen LogP contribution < -0.4 is 0 Å². The van der Waals surface area contributed by atoms with E-state index in [2.05, 4.69) is 0 Å². The molecule has 1 N–H and O–H groups in total. The van der Waals surface area contributed by atoms with Crippen molar-refractivity contribution < 1.29 is 8.76 Å². The zero-order valence-electron chi connectivity index (χ0n) is 4.16. The SMILES string of the molecule is O=S(O)C1=CCCS1. The summed E-state index contributed by atoms with van der Waals surface area (Å²) < 4.78 is 19.3. The van der Waals surface area contributed by atoms with Gasteiger partial charge in [-0.05, 0) is 6.42 Å².